The van der Waals surface area contributed by atoms with Gasteiger partial charge < -0.3 is 30.6 Å². The van der Waals surface area contributed by atoms with Gasteiger partial charge in [-0.2, -0.15) is 0 Å². The zero-order chi connectivity index (χ0) is 27.2. The first-order chi connectivity index (χ1) is 16.7. The third-order valence-corrected chi connectivity index (χ3v) is 4.88. The molecule has 0 fully saturated rings. The summed E-state index contributed by atoms with van der Waals surface area (Å²) >= 11 is 0. The van der Waals surface area contributed by atoms with E-state index in [9.17, 15) is 19.2 Å². The summed E-state index contributed by atoms with van der Waals surface area (Å²) in [6.07, 6.45) is 14.2. The number of hydrogen-bond acceptors (Lipinski definition) is 6. The average Bonchev–Trinajstić information content (AvgIpc) is 2.78. The molecule has 0 aliphatic rings. The summed E-state index contributed by atoms with van der Waals surface area (Å²) in [5.74, 6) is -2.96. The van der Waals surface area contributed by atoms with Crippen LogP contribution < -0.4 is 0 Å². The van der Waals surface area contributed by atoms with Crippen LogP contribution in [-0.2, 0) is 19.2 Å². The minimum absolute atomic E-state index is 0.245. The van der Waals surface area contributed by atoms with E-state index in [-0.39, 0.29) is 38.9 Å². The van der Waals surface area contributed by atoms with Gasteiger partial charge >= 0.3 is 23.9 Å². The molecule has 10 heteroatoms. The lowest BCUT2D eigenvalue weighted by atomic mass is 10.1. The Hall–Kier alpha value is -2.20. The topological polar surface area (TPSA) is 190 Å². The second-order valence-corrected chi connectivity index (χ2v) is 8.33. The van der Waals surface area contributed by atoms with E-state index >= 15 is 0 Å². The summed E-state index contributed by atoms with van der Waals surface area (Å²) in [6.45, 7) is 0.500. The maximum absolute atomic E-state index is 10.1. The monoisotopic (exact) mass is 508 g/mol. The summed E-state index contributed by atoms with van der Waals surface area (Å²) in [5, 5.41) is 49.8. The van der Waals surface area contributed by atoms with Gasteiger partial charge in [0.1, 0.15) is 0 Å². The third-order valence-electron chi connectivity index (χ3n) is 4.88. The number of rotatable bonds is 22. The Morgan fingerprint density at radius 1 is 0.314 bits per heavy atom. The molecule has 0 amide bonds. The number of aliphatic hydroxyl groups excluding tert-OH is 2. The normalized spacial score (nSPS) is 9.89. The summed E-state index contributed by atoms with van der Waals surface area (Å²) in [5.41, 5.74) is 0. The predicted molar refractivity (Wildman–Crippen MR) is 132 cm³/mol. The molecule has 6 N–H and O–H groups in total. The van der Waals surface area contributed by atoms with Crippen molar-refractivity contribution in [1.29, 1.82) is 0 Å². The van der Waals surface area contributed by atoms with Crippen LogP contribution in [0.4, 0.5) is 0 Å². The Kier molecular flexibility index (Phi) is 33.9. The first-order valence-electron chi connectivity index (χ1n) is 12.8. The maximum Gasteiger partial charge on any atom is 0.303 e. The largest absolute Gasteiger partial charge is 0.481 e. The predicted octanol–water partition coefficient (Wildman–Crippen LogP) is 4.69. The number of carboxylic acids is 4. The van der Waals surface area contributed by atoms with E-state index in [0.29, 0.717) is 0 Å². The van der Waals surface area contributed by atoms with Crippen molar-refractivity contribution in [2.45, 2.75) is 122 Å². The second kappa shape index (κ2) is 31.8. The van der Waals surface area contributed by atoms with E-state index in [1.807, 2.05) is 0 Å². The van der Waals surface area contributed by atoms with E-state index in [4.69, 9.17) is 30.6 Å². The Morgan fingerprint density at radius 2 is 0.486 bits per heavy atom. The fraction of sp³-hybridized carbons (Fsp3) is 0.840. The van der Waals surface area contributed by atoms with Gasteiger partial charge in [-0.3, -0.25) is 19.2 Å². The third kappa shape index (κ3) is 49.9. The van der Waals surface area contributed by atoms with Crippen molar-refractivity contribution in [2.75, 3.05) is 13.2 Å². The summed E-state index contributed by atoms with van der Waals surface area (Å²) in [6, 6.07) is 0. The van der Waals surface area contributed by atoms with Gasteiger partial charge in [-0.05, 0) is 44.9 Å². The molecule has 0 aromatic heterocycles. The van der Waals surface area contributed by atoms with Crippen molar-refractivity contribution >= 4 is 23.9 Å². The molecule has 0 aromatic rings. The molecule has 0 saturated heterocycles. The molecule has 0 unspecified atom stereocenters. The summed E-state index contributed by atoms with van der Waals surface area (Å²) in [4.78, 5) is 40.6. The molecule has 10 nitrogen and oxygen atoms in total. The van der Waals surface area contributed by atoms with Crippen molar-refractivity contribution in [1.82, 2.24) is 0 Å². The lowest BCUT2D eigenvalue weighted by Crippen LogP contribution is -1.94. The highest BCUT2D eigenvalue weighted by Crippen LogP contribution is 2.09. The lowest BCUT2D eigenvalue weighted by Gasteiger charge is -1.98. The Labute approximate surface area is 209 Å². The van der Waals surface area contributed by atoms with E-state index in [1.165, 1.54) is 0 Å². The van der Waals surface area contributed by atoms with Crippen LogP contribution in [0.5, 0.6) is 0 Å². The van der Waals surface area contributed by atoms with Crippen LogP contribution >= 0.6 is 0 Å². The molecule has 0 aliphatic carbocycles. The van der Waals surface area contributed by atoms with Crippen LogP contribution in [0.15, 0.2) is 0 Å². The van der Waals surface area contributed by atoms with Crippen molar-refractivity contribution in [3.63, 3.8) is 0 Å². The summed E-state index contributed by atoms with van der Waals surface area (Å²) < 4.78 is 0. The number of unbranched alkanes of at least 4 members (excludes halogenated alkanes) is 12. The molecular weight excluding hydrogens is 460 g/mol. The van der Waals surface area contributed by atoms with Gasteiger partial charge in [0.25, 0.3) is 0 Å². The maximum atomic E-state index is 10.1. The van der Waals surface area contributed by atoms with Crippen LogP contribution in [-0.4, -0.2) is 67.7 Å². The highest BCUT2D eigenvalue weighted by Gasteiger charge is 1.99. The molecule has 0 aliphatic heterocycles. The van der Waals surface area contributed by atoms with Crippen LogP contribution in [0, 0.1) is 0 Å². The molecule has 0 saturated carbocycles. The van der Waals surface area contributed by atoms with E-state index in [1.54, 1.807) is 0 Å². The van der Waals surface area contributed by atoms with Gasteiger partial charge in [0.15, 0.2) is 0 Å². The Bertz CT molecular complexity index is 424. The molecule has 0 radical (unpaired) electrons. The van der Waals surface area contributed by atoms with Crippen molar-refractivity contribution in [3.05, 3.63) is 0 Å². The van der Waals surface area contributed by atoms with Crippen molar-refractivity contribution in [2.24, 2.45) is 0 Å². The van der Waals surface area contributed by atoms with Gasteiger partial charge in [-0.15, -0.1) is 0 Å². The number of aliphatic carboxylic acids is 4. The molecule has 35 heavy (non-hydrogen) atoms. The fourth-order valence-electron chi connectivity index (χ4n) is 2.92. The van der Waals surface area contributed by atoms with E-state index < -0.39 is 23.9 Å². The molecule has 0 heterocycles. The molecule has 0 aromatic carbocycles. The number of aliphatic hydroxyl groups is 2. The van der Waals surface area contributed by atoms with Crippen molar-refractivity contribution < 1.29 is 49.8 Å². The average molecular weight is 509 g/mol. The quantitative estimate of drug-likeness (QED) is 0.112. The van der Waals surface area contributed by atoms with Gasteiger partial charge in [-0.1, -0.05) is 51.4 Å². The zero-order valence-corrected chi connectivity index (χ0v) is 21.2. The molecule has 0 atom stereocenters. The first-order valence-corrected chi connectivity index (χ1v) is 12.8. The lowest BCUT2D eigenvalue weighted by molar-refractivity contribution is -0.138. The Balaban J connectivity index is -0.000000465. The molecular formula is C25H48O10. The minimum atomic E-state index is -0.740. The first kappa shape index (κ1) is 37.4. The number of hydrogen-bond donors (Lipinski definition) is 6. The molecule has 0 bridgehead atoms. The van der Waals surface area contributed by atoms with Crippen LogP contribution in [0.1, 0.15) is 122 Å². The number of carbonyl (C=O) groups is 4. The Morgan fingerprint density at radius 3 is 0.657 bits per heavy atom. The molecule has 0 rings (SSSR count). The van der Waals surface area contributed by atoms with Crippen LogP contribution in [0.25, 0.3) is 0 Å². The molecule has 0 spiro atoms. The SMILES string of the molecule is O=C(O)CCCCCCCCC(=O)O.O=C(O)CCCCCCCCC(=O)O.OCCCCCO. The summed E-state index contributed by atoms with van der Waals surface area (Å²) in [7, 11) is 0. The standard InChI is InChI=1S/2C10H18O4.C5H12O2/c2*11-9(12)7-5-3-1-2-4-6-8-10(13)14;6-4-2-1-3-5-7/h2*1-8H2,(H,11,12)(H,13,14);6-7H,1-5H2. The van der Waals surface area contributed by atoms with Crippen LogP contribution in [0.2, 0.25) is 0 Å². The number of carboxylic acid groups (broad SMARTS) is 4. The van der Waals surface area contributed by atoms with E-state index in [0.717, 1.165) is 96.3 Å². The smallest absolute Gasteiger partial charge is 0.303 e. The minimum Gasteiger partial charge on any atom is -0.481 e. The second-order valence-electron chi connectivity index (χ2n) is 8.33. The van der Waals surface area contributed by atoms with Gasteiger partial charge in [-0.25, -0.2) is 0 Å². The van der Waals surface area contributed by atoms with Gasteiger partial charge in [0.05, 0.1) is 0 Å². The highest BCUT2D eigenvalue weighted by molar-refractivity contribution is 5.67. The van der Waals surface area contributed by atoms with E-state index in [2.05, 4.69) is 0 Å². The van der Waals surface area contributed by atoms with Gasteiger partial charge in [0, 0.05) is 38.9 Å². The van der Waals surface area contributed by atoms with Crippen molar-refractivity contribution in [3.8, 4) is 0 Å². The zero-order valence-electron chi connectivity index (χ0n) is 21.2. The van der Waals surface area contributed by atoms with Crippen LogP contribution in [0.3, 0.4) is 0 Å². The fourth-order valence-corrected chi connectivity index (χ4v) is 2.92. The molecule has 208 valence electrons. The van der Waals surface area contributed by atoms with Gasteiger partial charge in [0.2, 0.25) is 0 Å². The highest BCUT2D eigenvalue weighted by atomic mass is 16.4.